The fourth-order valence-electron chi connectivity index (χ4n) is 5.31. The average Bonchev–Trinajstić information content (AvgIpc) is 3.35. The average molecular weight is 463 g/mol. The molecule has 2 saturated carbocycles. The van der Waals surface area contributed by atoms with Crippen molar-refractivity contribution in [1.29, 1.82) is 0 Å². The van der Waals surface area contributed by atoms with Crippen LogP contribution in [-0.4, -0.2) is 41.3 Å². The standard InChI is InChI=1S/C26H38O5S/c1-31-25(30)13-5-3-2-4-10-20-21(23(28)17-22(20)27)11-6-12-24(29)26(14-8-15-26)18-19-9-7-16-32-19/h6-7,9,11,16,20-21,23-24,28-29H,2-5,8,10,12-15,17-18H2,1H3/t20-,21-,23-,24?/m1/s1. The quantitative estimate of drug-likeness (QED) is 0.249. The van der Waals surface area contributed by atoms with E-state index in [2.05, 4.69) is 22.2 Å². The minimum Gasteiger partial charge on any atom is -0.469 e. The van der Waals surface area contributed by atoms with Crippen LogP contribution in [0.3, 0.4) is 0 Å². The summed E-state index contributed by atoms with van der Waals surface area (Å²) in [5.74, 6) is -0.317. The summed E-state index contributed by atoms with van der Waals surface area (Å²) < 4.78 is 4.65. The summed E-state index contributed by atoms with van der Waals surface area (Å²) in [5, 5.41) is 23.5. The molecular weight excluding hydrogens is 424 g/mol. The molecule has 1 unspecified atom stereocenters. The van der Waals surface area contributed by atoms with Crippen LogP contribution in [0.15, 0.2) is 29.7 Å². The van der Waals surface area contributed by atoms with Crippen LogP contribution in [0.4, 0.5) is 0 Å². The fourth-order valence-corrected chi connectivity index (χ4v) is 6.17. The van der Waals surface area contributed by atoms with Gasteiger partial charge in [-0.25, -0.2) is 0 Å². The molecule has 5 nitrogen and oxygen atoms in total. The van der Waals surface area contributed by atoms with Gasteiger partial charge in [-0.2, -0.15) is 0 Å². The van der Waals surface area contributed by atoms with Crippen molar-refractivity contribution in [2.75, 3.05) is 7.11 Å². The number of esters is 1. The van der Waals surface area contributed by atoms with Crippen molar-refractivity contribution in [2.45, 2.75) is 89.3 Å². The molecule has 32 heavy (non-hydrogen) atoms. The number of Topliss-reactive ketones (excluding diaryl/α,β-unsaturated/α-hetero) is 1. The zero-order valence-electron chi connectivity index (χ0n) is 19.2. The van der Waals surface area contributed by atoms with Gasteiger partial charge in [0.2, 0.25) is 0 Å². The number of hydrogen-bond donors (Lipinski definition) is 2. The van der Waals surface area contributed by atoms with Gasteiger partial charge in [0.25, 0.3) is 0 Å². The van der Waals surface area contributed by atoms with E-state index in [1.165, 1.54) is 18.4 Å². The molecule has 0 radical (unpaired) electrons. The Kier molecular flexibility index (Phi) is 9.50. The van der Waals surface area contributed by atoms with Gasteiger partial charge in [0.1, 0.15) is 5.78 Å². The van der Waals surface area contributed by atoms with Gasteiger partial charge in [0.05, 0.1) is 19.3 Å². The Morgan fingerprint density at radius 2 is 2.09 bits per heavy atom. The number of methoxy groups -OCH3 is 1. The van der Waals surface area contributed by atoms with Crippen LogP contribution in [0.5, 0.6) is 0 Å². The third-order valence-corrected chi connectivity index (χ3v) is 8.36. The molecule has 0 saturated heterocycles. The highest BCUT2D eigenvalue weighted by Gasteiger charge is 2.43. The Morgan fingerprint density at radius 3 is 2.75 bits per heavy atom. The minimum absolute atomic E-state index is 0.0249. The molecule has 4 atom stereocenters. The predicted molar refractivity (Wildman–Crippen MR) is 126 cm³/mol. The van der Waals surface area contributed by atoms with Crippen molar-refractivity contribution >= 4 is 23.1 Å². The monoisotopic (exact) mass is 462 g/mol. The van der Waals surface area contributed by atoms with Crippen molar-refractivity contribution in [3.05, 3.63) is 34.5 Å². The number of ether oxygens (including phenoxy) is 1. The summed E-state index contributed by atoms with van der Waals surface area (Å²) >= 11 is 1.75. The van der Waals surface area contributed by atoms with Crippen molar-refractivity contribution in [1.82, 2.24) is 0 Å². The first-order chi connectivity index (χ1) is 15.4. The van der Waals surface area contributed by atoms with Crippen molar-refractivity contribution in [2.24, 2.45) is 17.3 Å². The van der Waals surface area contributed by atoms with Gasteiger partial charge in [-0.05, 0) is 50.0 Å². The van der Waals surface area contributed by atoms with Crippen LogP contribution in [0, 0.1) is 17.3 Å². The second-order valence-electron chi connectivity index (χ2n) is 9.60. The first kappa shape index (κ1) is 25.1. The number of aliphatic hydroxyl groups excluding tert-OH is 2. The van der Waals surface area contributed by atoms with Gasteiger partial charge >= 0.3 is 5.97 Å². The Balaban J connectivity index is 1.46. The maximum atomic E-state index is 12.4. The second-order valence-corrected chi connectivity index (χ2v) is 10.6. The molecule has 178 valence electrons. The second kappa shape index (κ2) is 12.1. The summed E-state index contributed by atoms with van der Waals surface area (Å²) in [7, 11) is 1.40. The molecular formula is C26H38O5S. The van der Waals surface area contributed by atoms with E-state index in [0.29, 0.717) is 12.8 Å². The molecule has 2 aliphatic rings. The van der Waals surface area contributed by atoms with E-state index in [4.69, 9.17) is 0 Å². The lowest BCUT2D eigenvalue weighted by Crippen LogP contribution is -2.42. The number of carbonyl (C=O) groups is 2. The van der Waals surface area contributed by atoms with Crippen molar-refractivity contribution in [3.8, 4) is 0 Å². The van der Waals surface area contributed by atoms with Gasteiger partial charge in [-0.1, -0.05) is 43.9 Å². The van der Waals surface area contributed by atoms with Gasteiger partial charge in [0.15, 0.2) is 0 Å². The highest BCUT2D eigenvalue weighted by Crippen LogP contribution is 2.48. The Bertz CT molecular complexity index is 752. The number of ketones is 1. The molecule has 2 aliphatic carbocycles. The van der Waals surface area contributed by atoms with Crippen LogP contribution >= 0.6 is 11.3 Å². The molecule has 3 rings (SSSR count). The topological polar surface area (TPSA) is 83.8 Å². The third kappa shape index (κ3) is 6.52. The Morgan fingerprint density at radius 1 is 1.31 bits per heavy atom. The molecule has 0 bridgehead atoms. The van der Waals surface area contributed by atoms with E-state index >= 15 is 0 Å². The van der Waals surface area contributed by atoms with Crippen LogP contribution in [0.1, 0.15) is 75.5 Å². The number of rotatable bonds is 13. The van der Waals surface area contributed by atoms with E-state index in [1.54, 1.807) is 11.3 Å². The number of carbonyl (C=O) groups excluding carboxylic acids is 2. The number of thiophene rings is 1. The van der Waals surface area contributed by atoms with E-state index in [0.717, 1.165) is 51.4 Å². The smallest absolute Gasteiger partial charge is 0.305 e. The first-order valence-electron chi connectivity index (χ1n) is 12.1. The molecule has 0 spiro atoms. The molecule has 2 N–H and O–H groups in total. The normalized spacial score (nSPS) is 25.7. The summed E-state index contributed by atoms with van der Waals surface area (Å²) in [6, 6.07) is 4.21. The van der Waals surface area contributed by atoms with E-state index in [1.807, 2.05) is 12.2 Å². The zero-order chi connectivity index (χ0) is 23.0. The molecule has 0 amide bonds. The number of unbranched alkanes of at least 4 members (excludes halogenated alkanes) is 3. The zero-order valence-corrected chi connectivity index (χ0v) is 20.0. The van der Waals surface area contributed by atoms with E-state index in [-0.39, 0.29) is 35.4 Å². The molecule has 2 fully saturated rings. The van der Waals surface area contributed by atoms with E-state index in [9.17, 15) is 19.8 Å². The maximum absolute atomic E-state index is 12.4. The Hall–Kier alpha value is -1.50. The van der Waals surface area contributed by atoms with Gasteiger partial charge in [-0.3, -0.25) is 9.59 Å². The van der Waals surface area contributed by atoms with Gasteiger partial charge in [0, 0.05) is 35.0 Å². The highest BCUT2D eigenvalue weighted by molar-refractivity contribution is 7.09. The number of hydrogen-bond acceptors (Lipinski definition) is 6. The summed E-state index contributed by atoms with van der Waals surface area (Å²) in [5.41, 5.74) is -0.0249. The fraction of sp³-hybridized carbons (Fsp3) is 0.692. The maximum Gasteiger partial charge on any atom is 0.305 e. The van der Waals surface area contributed by atoms with Gasteiger partial charge in [-0.15, -0.1) is 11.3 Å². The third-order valence-electron chi connectivity index (χ3n) is 7.49. The SMILES string of the molecule is COC(=O)CCCCCC[C@H]1C(=O)C[C@@H](O)[C@@H]1C=CCC(O)C1(Cc2cccs2)CCC1. The van der Waals surface area contributed by atoms with Crippen molar-refractivity contribution < 1.29 is 24.5 Å². The Labute approximate surface area is 195 Å². The first-order valence-corrected chi connectivity index (χ1v) is 13.0. The highest BCUT2D eigenvalue weighted by atomic mass is 32.1. The number of aliphatic hydroxyl groups is 2. The van der Waals surface area contributed by atoms with E-state index < -0.39 is 12.2 Å². The summed E-state index contributed by atoms with van der Waals surface area (Å²) in [6.07, 6.45) is 12.8. The molecule has 1 aromatic rings. The molecule has 0 aromatic carbocycles. The lowest BCUT2D eigenvalue weighted by molar-refractivity contribution is -0.140. The molecule has 0 aliphatic heterocycles. The molecule has 6 heteroatoms. The summed E-state index contributed by atoms with van der Waals surface area (Å²) in [4.78, 5) is 24.9. The minimum atomic E-state index is -0.621. The molecule has 1 aromatic heterocycles. The summed E-state index contributed by atoms with van der Waals surface area (Å²) in [6.45, 7) is 0. The lowest BCUT2D eigenvalue weighted by Gasteiger charge is -2.45. The van der Waals surface area contributed by atoms with Crippen molar-refractivity contribution in [3.63, 3.8) is 0 Å². The lowest BCUT2D eigenvalue weighted by atomic mass is 9.62. The predicted octanol–water partition coefficient (Wildman–Crippen LogP) is 4.85. The largest absolute Gasteiger partial charge is 0.469 e. The molecule has 1 heterocycles. The van der Waals surface area contributed by atoms with Gasteiger partial charge < -0.3 is 14.9 Å². The van der Waals surface area contributed by atoms with Crippen LogP contribution in [-0.2, 0) is 20.7 Å². The van der Waals surface area contributed by atoms with Crippen LogP contribution in [0.25, 0.3) is 0 Å². The van der Waals surface area contributed by atoms with Crippen LogP contribution < -0.4 is 0 Å². The van der Waals surface area contributed by atoms with Crippen LogP contribution in [0.2, 0.25) is 0 Å².